The molecular formula is C31H39NO6. The number of carbonyl (C=O) groups is 4. The van der Waals surface area contributed by atoms with Gasteiger partial charge in [0.1, 0.15) is 6.10 Å². The quantitative estimate of drug-likeness (QED) is 0.480. The van der Waals surface area contributed by atoms with Crippen LogP contribution in [0.3, 0.4) is 0 Å². The predicted molar refractivity (Wildman–Crippen MR) is 141 cm³/mol. The van der Waals surface area contributed by atoms with Crippen molar-refractivity contribution < 1.29 is 29.0 Å². The maximum atomic E-state index is 12.8. The van der Waals surface area contributed by atoms with E-state index in [4.69, 9.17) is 4.74 Å². The summed E-state index contributed by atoms with van der Waals surface area (Å²) in [5.41, 5.74) is 1.89. The Kier molecular flexibility index (Phi) is 7.23. The number of carboxylic acids is 1. The monoisotopic (exact) mass is 521 g/mol. The summed E-state index contributed by atoms with van der Waals surface area (Å²) in [6.07, 6.45) is 9.28. The number of allylic oxidation sites excluding steroid dienone is 1. The van der Waals surface area contributed by atoms with Crippen LogP contribution in [0.15, 0.2) is 42.0 Å². The van der Waals surface area contributed by atoms with Crippen LogP contribution in [-0.4, -0.2) is 34.8 Å². The van der Waals surface area contributed by atoms with Crippen LogP contribution in [-0.2, 0) is 23.9 Å². The van der Waals surface area contributed by atoms with Gasteiger partial charge in [0.15, 0.2) is 11.8 Å². The second-order valence-electron chi connectivity index (χ2n) is 12.3. The lowest BCUT2D eigenvalue weighted by molar-refractivity contribution is -0.160. The molecule has 0 radical (unpaired) electrons. The first-order valence-electron chi connectivity index (χ1n) is 14.1. The van der Waals surface area contributed by atoms with Crippen LogP contribution in [0.1, 0.15) is 89.7 Å². The number of fused-ring (bicyclic) bond motifs is 5. The van der Waals surface area contributed by atoms with E-state index in [9.17, 15) is 24.3 Å². The summed E-state index contributed by atoms with van der Waals surface area (Å²) in [5.74, 6) is -0.0844. The fourth-order valence-corrected chi connectivity index (χ4v) is 8.30. The van der Waals surface area contributed by atoms with Crippen molar-refractivity contribution in [3.05, 3.63) is 47.5 Å². The second kappa shape index (κ2) is 10.3. The summed E-state index contributed by atoms with van der Waals surface area (Å²) >= 11 is 0. The van der Waals surface area contributed by atoms with Crippen molar-refractivity contribution in [2.45, 2.75) is 90.2 Å². The summed E-state index contributed by atoms with van der Waals surface area (Å²) in [7, 11) is 0. The van der Waals surface area contributed by atoms with E-state index in [0.29, 0.717) is 29.7 Å². The Balaban J connectivity index is 1.17. The zero-order chi connectivity index (χ0) is 27.1. The topological polar surface area (TPSA) is 110 Å². The van der Waals surface area contributed by atoms with Gasteiger partial charge in [-0.2, -0.15) is 0 Å². The largest absolute Gasteiger partial charge is 0.479 e. The number of benzene rings is 1. The molecule has 2 N–H and O–H groups in total. The molecule has 0 spiro atoms. The van der Waals surface area contributed by atoms with Gasteiger partial charge in [-0.15, -0.1) is 0 Å². The number of aliphatic carboxylic acids is 1. The Morgan fingerprint density at radius 3 is 2.50 bits per heavy atom. The van der Waals surface area contributed by atoms with E-state index in [-0.39, 0.29) is 35.6 Å². The van der Waals surface area contributed by atoms with Gasteiger partial charge in [-0.05, 0) is 79.8 Å². The van der Waals surface area contributed by atoms with Crippen LogP contribution in [0.5, 0.6) is 0 Å². The molecule has 0 aliphatic heterocycles. The van der Waals surface area contributed by atoms with Crippen LogP contribution in [0.4, 0.5) is 0 Å². The van der Waals surface area contributed by atoms with Gasteiger partial charge in [0.25, 0.3) is 0 Å². The van der Waals surface area contributed by atoms with Crippen molar-refractivity contribution in [1.29, 1.82) is 0 Å². The van der Waals surface area contributed by atoms with E-state index < -0.39 is 23.9 Å². The molecule has 7 nitrogen and oxygen atoms in total. The number of hydrogen-bond acceptors (Lipinski definition) is 5. The van der Waals surface area contributed by atoms with Gasteiger partial charge in [0.05, 0.1) is 6.42 Å². The van der Waals surface area contributed by atoms with Crippen LogP contribution >= 0.6 is 0 Å². The van der Waals surface area contributed by atoms with Crippen molar-refractivity contribution in [3.8, 4) is 0 Å². The highest BCUT2D eigenvalue weighted by molar-refractivity contribution is 5.91. The van der Waals surface area contributed by atoms with Gasteiger partial charge in [0, 0.05) is 18.3 Å². The highest BCUT2D eigenvalue weighted by atomic mass is 16.5. The molecule has 204 valence electrons. The second-order valence-corrected chi connectivity index (χ2v) is 12.3. The Morgan fingerprint density at radius 2 is 1.76 bits per heavy atom. The fraction of sp³-hybridized carbons (Fsp3) is 0.613. The number of hydrogen-bond donors (Lipinski definition) is 2. The number of ether oxygens (including phenoxy) is 1. The first-order valence-corrected chi connectivity index (χ1v) is 14.1. The third-order valence-electron chi connectivity index (χ3n) is 10.4. The summed E-state index contributed by atoms with van der Waals surface area (Å²) in [6, 6.07) is 7.36. The number of rotatable bonds is 7. The van der Waals surface area contributed by atoms with Crippen LogP contribution < -0.4 is 5.32 Å². The minimum atomic E-state index is -1.15. The maximum absolute atomic E-state index is 12.8. The molecular weight excluding hydrogens is 482 g/mol. The zero-order valence-electron chi connectivity index (χ0n) is 22.4. The third-order valence-corrected chi connectivity index (χ3v) is 10.4. The lowest BCUT2D eigenvalue weighted by Crippen LogP contribution is -2.51. The minimum absolute atomic E-state index is 0.0666. The summed E-state index contributed by atoms with van der Waals surface area (Å²) in [5, 5.41) is 12.1. The predicted octanol–water partition coefficient (Wildman–Crippen LogP) is 5.15. The molecule has 3 fully saturated rings. The molecule has 1 aromatic carbocycles. The molecule has 1 amide bonds. The van der Waals surface area contributed by atoms with E-state index in [1.165, 1.54) is 5.57 Å². The number of carbonyl (C=O) groups excluding carboxylic acids is 3. The Hall–Kier alpha value is -2.96. The van der Waals surface area contributed by atoms with Crippen molar-refractivity contribution in [3.63, 3.8) is 0 Å². The first kappa shape index (κ1) is 26.6. The van der Waals surface area contributed by atoms with Gasteiger partial charge >= 0.3 is 11.9 Å². The van der Waals surface area contributed by atoms with Crippen LogP contribution in [0.2, 0.25) is 0 Å². The molecule has 0 aromatic heterocycles. The Labute approximate surface area is 224 Å². The molecule has 0 unspecified atom stereocenters. The standard InChI is InChI=1S/C31H39NO6/c1-30-16-14-21(33)18-20(30)8-9-22-23-10-11-25(31(23,2)17-15-24(22)30)38-27(35)13-12-26(34)32-28(29(36)37)19-6-4-3-5-7-19/h3-7,18,22-25,28H,8-17H2,1-2H3,(H,32,34)(H,36,37)/t22-,23+,24-,25-,28-,30+,31+/m1/s1. The van der Waals surface area contributed by atoms with Gasteiger partial charge in [-0.1, -0.05) is 49.8 Å². The molecule has 4 aliphatic rings. The third kappa shape index (κ3) is 4.80. The average Bonchev–Trinajstić information content (AvgIpc) is 3.22. The van der Waals surface area contributed by atoms with E-state index in [2.05, 4.69) is 19.2 Å². The van der Waals surface area contributed by atoms with Crippen molar-refractivity contribution >= 4 is 23.6 Å². The van der Waals surface area contributed by atoms with Crippen LogP contribution in [0, 0.1) is 28.6 Å². The Morgan fingerprint density at radius 1 is 1.00 bits per heavy atom. The lowest BCUT2D eigenvalue weighted by atomic mass is 9.47. The molecule has 4 aliphatic carbocycles. The fourth-order valence-electron chi connectivity index (χ4n) is 8.30. The average molecular weight is 522 g/mol. The zero-order valence-corrected chi connectivity index (χ0v) is 22.4. The van der Waals surface area contributed by atoms with Crippen molar-refractivity contribution in [1.82, 2.24) is 5.32 Å². The van der Waals surface area contributed by atoms with Gasteiger partial charge in [-0.3, -0.25) is 14.4 Å². The van der Waals surface area contributed by atoms with Gasteiger partial charge < -0.3 is 15.2 Å². The van der Waals surface area contributed by atoms with E-state index in [0.717, 1.165) is 44.9 Å². The smallest absolute Gasteiger partial charge is 0.330 e. The molecule has 7 heteroatoms. The molecule has 1 aromatic rings. The summed E-state index contributed by atoms with van der Waals surface area (Å²) in [4.78, 5) is 49.0. The summed E-state index contributed by atoms with van der Waals surface area (Å²) in [6.45, 7) is 4.65. The summed E-state index contributed by atoms with van der Waals surface area (Å²) < 4.78 is 6.01. The maximum Gasteiger partial charge on any atom is 0.330 e. The first-order chi connectivity index (χ1) is 18.1. The molecule has 5 rings (SSSR count). The van der Waals surface area contributed by atoms with E-state index >= 15 is 0 Å². The van der Waals surface area contributed by atoms with E-state index in [1.807, 2.05) is 6.08 Å². The molecule has 3 saturated carbocycles. The highest BCUT2D eigenvalue weighted by Gasteiger charge is 2.59. The number of esters is 1. The molecule has 0 saturated heterocycles. The minimum Gasteiger partial charge on any atom is -0.479 e. The number of carboxylic acid groups (broad SMARTS) is 1. The highest BCUT2D eigenvalue weighted by Crippen LogP contribution is 2.65. The number of amides is 1. The van der Waals surface area contributed by atoms with Gasteiger partial charge in [0.2, 0.25) is 5.91 Å². The Bertz CT molecular complexity index is 1140. The molecule has 7 atom stereocenters. The molecule has 0 heterocycles. The van der Waals surface area contributed by atoms with Crippen molar-refractivity contribution in [2.24, 2.45) is 28.6 Å². The van der Waals surface area contributed by atoms with E-state index in [1.54, 1.807) is 30.3 Å². The molecule has 38 heavy (non-hydrogen) atoms. The normalized spacial score (nSPS) is 34.7. The van der Waals surface area contributed by atoms with Gasteiger partial charge in [-0.25, -0.2) is 4.79 Å². The number of nitrogens with one attached hydrogen (secondary N) is 1. The lowest BCUT2D eigenvalue weighted by Gasteiger charge is -2.57. The number of ketones is 1. The molecule has 0 bridgehead atoms. The van der Waals surface area contributed by atoms with Crippen molar-refractivity contribution in [2.75, 3.05) is 0 Å². The van der Waals surface area contributed by atoms with Crippen LogP contribution in [0.25, 0.3) is 0 Å². The SMILES string of the molecule is C[C@]12CC[C@@H]3[C@H](CCC4=CC(=O)CC[C@@]43C)[C@@H]1CC[C@H]2OC(=O)CCC(=O)N[C@@H](C(=O)O)c1ccccc1.